The molecule has 11 aromatic rings. The minimum absolute atomic E-state index is 0.412. The lowest BCUT2D eigenvalue weighted by atomic mass is 9.70. The Balaban J connectivity index is 1.02. The van der Waals surface area contributed by atoms with Gasteiger partial charge < -0.3 is 4.42 Å². The smallest absolute Gasteiger partial charge is 0.164 e. The van der Waals surface area contributed by atoms with Crippen molar-refractivity contribution in [3.8, 4) is 67.5 Å². The fourth-order valence-corrected chi connectivity index (χ4v) is 10.3. The van der Waals surface area contributed by atoms with E-state index in [9.17, 15) is 0 Å². The highest BCUT2D eigenvalue weighted by Crippen LogP contribution is 2.64. The molecule has 278 valence electrons. The molecule has 60 heavy (non-hydrogen) atoms. The largest absolute Gasteiger partial charge is 0.456 e. The van der Waals surface area contributed by atoms with Gasteiger partial charge in [0.2, 0.25) is 0 Å². The molecule has 0 saturated heterocycles. The Morgan fingerprint density at radius 2 is 0.833 bits per heavy atom. The lowest BCUT2D eigenvalue weighted by molar-refractivity contribution is 0.669. The number of nitrogens with zero attached hydrogens (tertiary/aromatic N) is 3. The SMILES string of the molecule is c1cc(-c2nc(-c3ccc4oc5ccccc5c4c3)nc(-c3cccc4ccccc34)n2)cc(-c2cccc3c2-c2ccccc2C32c3ccccc3-c3ccccc32)c1. The van der Waals surface area contributed by atoms with Crippen molar-refractivity contribution in [3.05, 3.63) is 222 Å². The zero-order valence-electron chi connectivity index (χ0n) is 32.3. The second-order valence-electron chi connectivity index (χ2n) is 15.8. The highest BCUT2D eigenvalue weighted by atomic mass is 16.3. The van der Waals surface area contributed by atoms with Gasteiger partial charge in [0.1, 0.15) is 11.2 Å². The molecule has 2 heterocycles. The molecule has 2 aromatic heterocycles. The van der Waals surface area contributed by atoms with Crippen LogP contribution in [0.15, 0.2) is 205 Å². The number of para-hydroxylation sites is 1. The molecular weight excluding hydrogens is 731 g/mol. The van der Waals surface area contributed by atoms with Crippen molar-refractivity contribution in [1.82, 2.24) is 15.0 Å². The van der Waals surface area contributed by atoms with Crippen LogP contribution in [0.1, 0.15) is 22.3 Å². The van der Waals surface area contributed by atoms with Crippen molar-refractivity contribution in [3.63, 3.8) is 0 Å². The summed E-state index contributed by atoms with van der Waals surface area (Å²) in [6.45, 7) is 0. The molecule has 0 bridgehead atoms. The molecule has 0 fully saturated rings. The number of aromatic nitrogens is 3. The molecule has 4 nitrogen and oxygen atoms in total. The molecular formula is C56H33N3O. The van der Waals surface area contributed by atoms with Gasteiger partial charge in [-0.2, -0.15) is 0 Å². The first-order chi connectivity index (χ1) is 29.7. The number of hydrogen-bond donors (Lipinski definition) is 0. The number of benzene rings is 9. The maximum atomic E-state index is 6.20. The number of rotatable bonds is 4. The van der Waals surface area contributed by atoms with E-state index >= 15 is 0 Å². The van der Waals surface area contributed by atoms with Crippen LogP contribution in [0.2, 0.25) is 0 Å². The summed E-state index contributed by atoms with van der Waals surface area (Å²) >= 11 is 0. The molecule has 0 radical (unpaired) electrons. The van der Waals surface area contributed by atoms with Gasteiger partial charge in [-0.1, -0.05) is 170 Å². The Bertz CT molecular complexity index is 3530. The quantitative estimate of drug-likeness (QED) is 0.179. The van der Waals surface area contributed by atoms with E-state index in [2.05, 4.69) is 170 Å². The number of hydrogen-bond acceptors (Lipinski definition) is 4. The first kappa shape index (κ1) is 33.1. The Kier molecular flexibility index (Phi) is 6.90. The molecule has 4 heteroatoms. The first-order valence-electron chi connectivity index (χ1n) is 20.4. The summed E-state index contributed by atoms with van der Waals surface area (Å²) in [6.07, 6.45) is 0. The summed E-state index contributed by atoms with van der Waals surface area (Å²) in [5.74, 6) is 1.85. The second-order valence-corrected chi connectivity index (χ2v) is 15.8. The number of furan rings is 1. The third-order valence-corrected chi connectivity index (χ3v) is 12.8. The van der Waals surface area contributed by atoms with Gasteiger partial charge in [0, 0.05) is 27.5 Å². The van der Waals surface area contributed by atoms with Crippen molar-refractivity contribution in [2.75, 3.05) is 0 Å². The Morgan fingerprint density at radius 3 is 1.63 bits per heavy atom. The number of fused-ring (bicyclic) bond motifs is 14. The van der Waals surface area contributed by atoms with Crippen molar-refractivity contribution in [2.24, 2.45) is 0 Å². The van der Waals surface area contributed by atoms with E-state index in [-0.39, 0.29) is 0 Å². The van der Waals surface area contributed by atoms with E-state index in [4.69, 9.17) is 19.4 Å². The van der Waals surface area contributed by atoms with Gasteiger partial charge in [-0.05, 0) is 96.7 Å². The summed E-state index contributed by atoms with van der Waals surface area (Å²) in [5, 5.41) is 4.32. The molecule has 0 unspecified atom stereocenters. The van der Waals surface area contributed by atoms with Crippen molar-refractivity contribution >= 4 is 32.7 Å². The van der Waals surface area contributed by atoms with Crippen LogP contribution in [0.25, 0.3) is 100 Å². The van der Waals surface area contributed by atoms with Crippen LogP contribution >= 0.6 is 0 Å². The topological polar surface area (TPSA) is 51.8 Å². The summed E-state index contributed by atoms with van der Waals surface area (Å²) in [5.41, 5.74) is 16.8. The van der Waals surface area contributed by atoms with Gasteiger partial charge in [-0.15, -0.1) is 0 Å². The van der Waals surface area contributed by atoms with Gasteiger partial charge in [-0.3, -0.25) is 0 Å². The van der Waals surface area contributed by atoms with Crippen LogP contribution in [0.4, 0.5) is 0 Å². The van der Waals surface area contributed by atoms with E-state index < -0.39 is 5.41 Å². The van der Waals surface area contributed by atoms with Crippen LogP contribution in [0.3, 0.4) is 0 Å². The fourth-order valence-electron chi connectivity index (χ4n) is 10.3. The van der Waals surface area contributed by atoms with Gasteiger partial charge in [0.25, 0.3) is 0 Å². The summed E-state index contributed by atoms with van der Waals surface area (Å²) < 4.78 is 6.20. The van der Waals surface area contributed by atoms with Crippen LogP contribution in [-0.4, -0.2) is 15.0 Å². The van der Waals surface area contributed by atoms with E-state index in [0.29, 0.717) is 17.5 Å². The molecule has 0 N–H and O–H groups in total. The van der Waals surface area contributed by atoms with E-state index in [1.807, 2.05) is 30.3 Å². The van der Waals surface area contributed by atoms with E-state index in [0.717, 1.165) is 55.0 Å². The molecule has 0 aliphatic heterocycles. The highest BCUT2D eigenvalue weighted by Gasteiger charge is 2.51. The zero-order chi connectivity index (χ0) is 39.4. The van der Waals surface area contributed by atoms with E-state index in [1.54, 1.807) is 0 Å². The normalized spacial score (nSPS) is 13.1. The molecule has 1 spiro atoms. The molecule has 2 aliphatic carbocycles. The fraction of sp³-hybridized carbons (Fsp3) is 0.0179. The standard InChI is InChI=1S/C56H33N3O/c1-2-18-38-34(14-1)15-12-24-43(38)55-58-53(57-54(59-55)37-30-31-51-45(33-37)42-21-6-10-29-50(42)60-51)36-17-11-16-35(32-36)39-23-13-28-49-52(39)44-22-5-9-27-48(44)56(49)46-25-7-3-19-40(46)41-20-4-8-26-47(41)56/h1-33H. The van der Waals surface area contributed by atoms with Crippen molar-refractivity contribution in [1.29, 1.82) is 0 Å². The average Bonchev–Trinajstić information content (AvgIpc) is 3.95. The average molecular weight is 764 g/mol. The highest BCUT2D eigenvalue weighted by molar-refractivity contribution is 6.06. The third kappa shape index (κ3) is 4.59. The van der Waals surface area contributed by atoms with Crippen LogP contribution in [-0.2, 0) is 5.41 Å². The second kappa shape index (κ2) is 12.5. The van der Waals surface area contributed by atoms with Gasteiger partial charge >= 0.3 is 0 Å². The molecule has 9 aromatic carbocycles. The Hall–Kier alpha value is -7.95. The monoisotopic (exact) mass is 763 g/mol. The first-order valence-corrected chi connectivity index (χ1v) is 20.4. The van der Waals surface area contributed by atoms with Crippen molar-refractivity contribution in [2.45, 2.75) is 5.41 Å². The minimum atomic E-state index is -0.412. The molecule has 2 aliphatic rings. The van der Waals surface area contributed by atoms with Crippen molar-refractivity contribution < 1.29 is 4.42 Å². The van der Waals surface area contributed by atoms with Crippen LogP contribution in [0.5, 0.6) is 0 Å². The van der Waals surface area contributed by atoms with Crippen LogP contribution in [0, 0.1) is 0 Å². The predicted molar refractivity (Wildman–Crippen MR) is 243 cm³/mol. The third-order valence-electron chi connectivity index (χ3n) is 12.8. The van der Waals surface area contributed by atoms with Crippen LogP contribution < -0.4 is 0 Å². The summed E-state index contributed by atoms with van der Waals surface area (Å²) in [7, 11) is 0. The molecule has 0 saturated carbocycles. The summed E-state index contributed by atoms with van der Waals surface area (Å²) in [4.78, 5) is 15.7. The van der Waals surface area contributed by atoms with Gasteiger partial charge in [0.05, 0.1) is 5.41 Å². The predicted octanol–water partition coefficient (Wildman–Crippen LogP) is 13.9. The zero-order valence-corrected chi connectivity index (χ0v) is 32.3. The van der Waals surface area contributed by atoms with Gasteiger partial charge in [0.15, 0.2) is 17.5 Å². The summed E-state index contributed by atoms with van der Waals surface area (Å²) in [6, 6.07) is 71.5. The molecule has 13 rings (SSSR count). The lowest BCUT2D eigenvalue weighted by Crippen LogP contribution is -2.25. The van der Waals surface area contributed by atoms with E-state index in [1.165, 1.54) is 50.1 Å². The Morgan fingerprint density at radius 1 is 0.317 bits per heavy atom. The Labute approximate surface area is 346 Å². The maximum absolute atomic E-state index is 6.20. The lowest BCUT2D eigenvalue weighted by Gasteiger charge is -2.30. The molecule has 0 atom stereocenters. The molecule has 0 amide bonds. The minimum Gasteiger partial charge on any atom is -0.456 e. The maximum Gasteiger partial charge on any atom is 0.164 e. The van der Waals surface area contributed by atoms with Gasteiger partial charge in [-0.25, -0.2) is 15.0 Å².